The Hall–Kier alpha value is -2.08. The summed E-state index contributed by atoms with van der Waals surface area (Å²) in [5, 5.41) is 2.93. The smallest absolute Gasteiger partial charge is 0.407 e. The summed E-state index contributed by atoms with van der Waals surface area (Å²) in [5.41, 5.74) is 6.70. The summed E-state index contributed by atoms with van der Waals surface area (Å²) in [6, 6.07) is 9.45. The van der Waals surface area contributed by atoms with Crippen molar-refractivity contribution in [3.05, 3.63) is 35.9 Å². The first-order valence-corrected chi connectivity index (χ1v) is 9.04. The van der Waals surface area contributed by atoms with Gasteiger partial charge in [0.1, 0.15) is 6.61 Å². The second kappa shape index (κ2) is 9.42. The van der Waals surface area contributed by atoms with Crippen molar-refractivity contribution in [2.24, 2.45) is 5.73 Å². The molecule has 0 aromatic heterocycles. The first-order chi connectivity index (χ1) is 12.0. The maximum absolute atomic E-state index is 12.2. The van der Waals surface area contributed by atoms with Crippen LogP contribution in [0, 0.1) is 0 Å². The van der Waals surface area contributed by atoms with Crippen LogP contribution in [0.3, 0.4) is 0 Å². The molecule has 1 aliphatic carbocycles. The fraction of sp³-hybridized carbons (Fsp3) is 0.579. The number of alkyl carbamates (subject to hydrolysis) is 1. The SMILES string of the molecule is CCN(C(=O)C(C)N)C1CCC(NC(=O)OCc2ccccc2)CC1. The lowest BCUT2D eigenvalue weighted by molar-refractivity contribution is -0.135. The zero-order valence-electron chi connectivity index (χ0n) is 15.1. The van der Waals surface area contributed by atoms with Crippen LogP contribution >= 0.6 is 0 Å². The number of nitrogens with zero attached hydrogens (tertiary/aromatic N) is 1. The molecule has 0 spiro atoms. The molecule has 2 amide bonds. The number of amides is 2. The van der Waals surface area contributed by atoms with E-state index in [-0.39, 0.29) is 30.7 Å². The van der Waals surface area contributed by atoms with Gasteiger partial charge in [0.05, 0.1) is 6.04 Å². The largest absolute Gasteiger partial charge is 0.445 e. The van der Waals surface area contributed by atoms with Gasteiger partial charge in [-0.25, -0.2) is 4.79 Å². The number of carbonyl (C=O) groups excluding carboxylic acids is 2. The molecule has 1 saturated carbocycles. The number of nitrogens with one attached hydrogen (secondary N) is 1. The van der Waals surface area contributed by atoms with E-state index in [0.29, 0.717) is 6.54 Å². The number of hydrogen-bond acceptors (Lipinski definition) is 4. The number of carbonyl (C=O) groups is 2. The lowest BCUT2D eigenvalue weighted by Gasteiger charge is -2.37. The zero-order chi connectivity index (χ0) is 18.2. The Kier molecular flexibility index (Phi) is 7.25. The molecule has 6 nitrogen and oxygen atoms in total. The van der Waals surface area contributed by atoms with Crippen LogP contribution in [0.5, 0.6) is 0 Å². The van der Waals surface area contributed by atoms with E-state index in [1.54, 1.807) is 6.92 Å². The number of rotatable bonds is 6. The van der Waals surface area contributed by atoms with Gasteiger partial charge in [0.15, 0.2) is 0 Å². The van der Waals surface area contributed by atoms with Crippen LogP contribution in [0.1, 0.15) is 45.1 Å². The summed E-state index contributed by atoms with van der Waals surface area (Å²) in [4.78, 5) is 26.0. The molecular formula is C19H29N3O3. The highest BCUT2D eigenvalue weighted by Crippen LogP contribution is 2.23. The van der Waals surface area contributed by atoms with Crippen molar-refractivity contribution in [2.75, 3.05) is 6.54 Å². The average Bonchev–Trinajstić information content (AvgIpc) is 2.62. The lowest BCUT2D eigenvalue weighted by atomic mass is 9.90. The van der Waals surface area contributed by atoms with E-state index in [1.807, 2.05) is 42.2 Å². The topological polar surface area (TPSA) is 84.7 Å². The van der Waals surface area contributed by atoms with Gasteiger partial charge >= 0.3 is 6.09 Å². The van der Waals surface area contributed by atoms with Gasteiger partial charge in [-0.05, 0) is 45.1 Å². The third-order valence-corrected chi connectivity index (χ3v) is 4.69. The van der Waals surface area contributed by atoms with Crippen molar-refractivity contribution in [2.45, 2.75) is 64.3 Å². The highest BCUT2D eigenvalue weighted by molar-refractivity contribution is 5.81. The van der Waals surface area contributed by atoms with Crippen LogP contribution in [0.2, 0.25) is 0 Å². The molecule has 1 unspecified atom stereocenters. The third kappa shape index (κ3) is 5.74. The molecule has 0 saturated heterocycles. The number of benzene rings is 1. The molecule has 2 rings (SSSR count). The summed E-state index contributed by atoms with van der Waals surface area (Å²) < 4.78 is 5.26. The Morgan fingerprint density at radius 2 is 1.88 bits per heavy atom. The summed E-state index contributed by atoms with van der Waals surface area (Å²) in [7, 11) is 0. The summed E-state index contributed by atoms with van der Waals surface area (Å²) >= 11 is 0. The minimum absolute atomic E-state index is 0.00109. The minimum Gasteiger partial charge on any atom is -0.445 e. The molecule has 6 heteroatoms. The van der Waals surface area contributed by atoms with Crippen molar-refractivity contribution in [1.29, 1.82) is 0 Å². The van der Waals surface area contributed by atoms with E-state index in [1.165, 1.54) is 0 Å². The van der Waals surface area contributed by atoms with Crippen LogP contribution in [0.15, 0.2) is 30.3 Å². The molecule has 1 atom stereocenters. The lowest BCUT2D eigenvalue weighted by Crippen LogP contribution is -2.50. The molecule has 1 aromatic carbocycles. The third-order valence-electron chi connectivity index (χ3n) is 4.69. The van der Waals surface area contributed by atoms with Gasteiger partial charge in [0.25, 0.3) is 0 Å². The average molecular weight is 347 g/mol. The molecular weight excluding hydrogens is 318 g/mol. The molecule has 1 aliphatic rings. The highest BCUT2D eigenvalue weighted by Gasteiger charge is 2.29. The van der Waals surface area contributed by atoms with E-state index in [2.05, 4.69) is 5.32 Å². The van der Waals surface area contributed by atoms with E-state index in [9.17, 15) is 9.59 Å². The molecule has 0 bridgehead atoms. The molecule has 0 radical (unpaired) electrons. The van der Waals surface area contributed by atoms with E-state index >= 15 is 0 Å². The monoisotopic (exact) mass is 347 g/mol. The van der Waals surface area contributed by atoms with Crippen molar-refractivity contribution in [3.63, 3.8) is 0 Å². The first-order valence-electron chi connectivity index (χ1n) is 9.04. The number of nitrogens with two attached hydrogens (primary N) is 1. The Labute approximate surface area is 149 Å². The number of hydrogen-bond donors (Lipinski definition) is 2. The molecule has 138 valence electrons. The van der Waals surface area contributed by atoms with Crippen molar-refractivity contribution >= 4 is 12.0 Å². The van der Waals surface area contributed by atoms with Crippen molar-refractivity contribution < 1.29 is 14.3 Å². The first kappa shape index (κ1) is 19.2. The van der Waals surface area contributed by atoms with Crippen LogP contribution < -0.4 is 11.1 Å². The van der Waals surface area contributed by atoms with Gasteiger partial charge in [-0.1, -0.05) is 30.3 Å². The minimum atomic E-state index is -0.469. The zero-order valence-corrected chi connectivity index (χ0v) is 15.1. The number of likely N-dealkylation sites (N-methyl/N-ethyl adjacent to an activating group) is 1. The normalized spacial score (nSPS) is 21.2. The van der Waals surface area contributed by atoms with Gasteiger partial charge in [-0.3, -0.25) is 4.79 Å². The summed E-state index contributed by atoms with van der Waals surface area (Å²) in [6.45, 7) is 4.64. The molecule has 0 aliphatic heterocycles. The predicted molar refractivity (Wildman–Crippen MR) is 96.8 cm³/mol. The highest BCUT2D eigenvalue weighted by atomic mass is 16.5. The van der Waals surface area contributed by atoms with Gasteiger partial charge in [0, 0.05) is 18.6 Å². The standard InChI is InChI=1S/C19H29N3O3/c1-3-22(18(23)14(2)20)17-11-9-16(10-12-17)21-19(24)25-13-15-7-5-4-6-8-15/h4-8,14,16-17H,3,9-13,20H2,1-2H3,(H,21,24). The van der Waals surface area contributed by atoms with Gasteiger partial charge in [-0.15, -0.1) is 0 Å². The quantitative estimate of drug-likeness (QED) is 0.828. The van der Waals surface area contributed by atoms with Crippen LogP contribution in [0.25, 0.3) is 0 Å². The van der Waals surface area contributed by atoms with E-state index in [0.717, 1.165) is 31.2 Å². The summed E-state index contributed by atoms with van der Waals surface area (Å²) in [6.07, 6.45) is 3.04. The van der Waals surface area contributed by atoms with E-state index in [4.69, 9.17) is 10.5 Å². The molecule has 0 heterocycles. The predicted octanol–water partition coefficient (Wildman–Crippen LogP) is 2.42. The maximum Gasteiger partial charge on any atom is 0.407 e. The molecule has 3 N–H and O–H groups in total. The van der Waals surface area contributed by atoms with Crippen LogP contribution in [-0.2, 0) is 16.1 Å². The Morgan fingerprint density at radius 3 is 2.44 bits per heavy atom. The Balaban J connectivity index is 1.74. The molecule has 25 heavy (non-hydrogen) atoms. The van der Waals surface area contributed by atoms with Crippen LogP contribution in [-0.4, -0.2) is 41.6 Å². The van der Waals surface area contributed by atoms with Crippen molar-refractivity contribution in [1.82, 2.24) is 10.2 Å². The second-order valence-corrected chi connectivity index (χ2v) is 6.62. The van der Waals surface area contributed by atoms with Gasteiger partial charge in [-0.2, -0.15) is 0 Å². The fourth-order valence-electron chi connectivity index (χ4n) is 3.32. The number of ether oxygens (including phenoxy) is 1. The van der Waals surface area contributed by atoms with E-state index < -0.39 is 6.04 Å². The van der Waals surface area contributed by atoms with Crippen LogP contribution in [0.4, 0.5) is 4.79 Å². The Bertz CT molecular complexity index is 554. The molecule has 1 aromatic rings. The second-order valence-electron chi connectivity index (χ2n) is 6.62. The molecule has 1 fully saturated rings. The fourth-order valence-corrected chi connectivity index (χ4v) is 3.32. The maximum atomic E-state index is 12.2. The Morgan fingerprint density at radius 1 is 1.24 bits per heavy atom. The van der Waals surface area contributed by atoms with Gasteiger partial charge in [0.2, 0.25) is 5.91 Å². The van der Waals surface area contributed by atoms with Gasteiger partial charge < -0.3 is 20.7 Å². The van der Waals surface area contributed by atoms with Crippen molar-refractivity contribution in [3.8, 4) is 0 Å². The summed E-state index contributed by atoms with van der Waals surface area (Å²) in [5.74, 6) is 0.00109.